The Bertz CT molecular complexity index is 983. The predicted octanol–water partition coefficient (Wildman–Crippen LogP) is 0.974. The molecule has 1 saturated heterocycles. The summed E-state index contributed by atoms with van der Waals surface area (Å²) in [5.41, 5.74) is 9.77. The van der Waals surface area contributed by atoms with Crippen molar-refractivity contribution in [1.29, 1.82) is 5.26 Å². The Morgan fingerprint density at radius 3 is 2.55 bits per heavy atom. The lowest BCUT2D eigenvalue weighted by atomic mass is 9.68. The fourth-order valence-corrected chi connectivity index (χ4v) is 4.36. The maximum absolute atomic E-state index is 13.1. The van der Waals surface area contributed by atoms with E-state index in [4.69, 9.17) is 27.8 Å². The lowest BCUT2D eigenvalue weighted by Gasteiger charge is -2.32. The minimum Gasteiger partial charge on any atom is -0.465 e. The van der Waals surface area contributed by atoms with E-state index in [0.29, 0.717) is 5.56 Å². The number of fused-ring (bicyclic) bond motifs is 1. The van der Waals surface area contributed by atoms with E-state index in [-0.39, 0.29) is 17.2 Å². The molecule has 0 bridgehead atoms. The maximum atomic E-state index is 13.1. The second-order valence-corrected chi connectivity index (χ2v) is 7.15. The van der Waals surface area contributed by atoms with Crippen LogP contribution in [0.4, 0.5) is 0 Å². The fraction of sp³-hybridized carbons (Fsp3) is 0.300. The van der Waals surface area contributed by atoms with Gasteiger partial charge >= 0.3 is 5.97 Å². The van der Waals surface area contributed by atoms with Crippen molar-refractivity contribution in [3.8, 4) is 6.07 Å². The Morgan fingerprint density at radius 1 is 1.31 bits per heavy atom. The highest BCUT2D eigenvalue weighted by molar-refractivity contribution is 6.31. The summed E-state index contributed by atoms with van der Waals surface area (Å²) in [5.74, 6) is -3.33. The van der Waals surface area contributed by atoms with E-state index in [0.717, 1.165) is 0 Å². The van der Waals surface area contributed by atoms with Crippen LogP contribution in [0, 0.1) is 16.7 Å². The first kappa shape index (κ1) is 20.4. The molecule has 1 aromatic carbocycles. The molecule has 1 fully saturated rings. The summed E-state index contributed by atoms with van der Waals surface area (Å²) in [5, 5.41) is 10.5. The number of nitrogens with two attached hydrogens (primary N) is 2. The van der Waals surface area contributed by atoms with E-state index in [1.807, 2.05) is 0 Å². The Balaban J connectivity index is 2.32. The van der Waals surface area contributed by atoms with Crippen LogP contribution in [0.1, 0.15) is 18.4 Å². The van der Waals surface area contributed by atoms with Crippen molar-refractivity contribution in [3.05, 3.63) is 58.8 Å². The third-order valence-corrected chi connectivity index (χ3v) is 5.62. The van der Waals surface area contributed by atoms with Crippen LogP contribution in [0.25, 0.3) is 0 Å². The van der Waals surface area contributed by atoms with E-state index in [1.165, 1.54) is 23.3 Å². The number of rotatable bonds is 5. The number of halogens is 1. The van der Waals surface area contributed by atoms with E-state index in [1.54, 1.807) is 31.2 Å². The zero-order valence-corrected chi connectivity index (χ0v) is 16.3. The largest absolute Gasteiger partial charge is 0.465 e. The highest BCUT2D eigenvalue weighted by Crippen LogP contribution is 2.54. The summed E-state index contributed by atoms with van der Waals surface area (Å²) in [7, 11) is 0. The molecule has 2 aliphatic heterocycles. The molecule has 4 N–H and O–H groups in total. The van der Waals surface area contributed by atoms with Crippen LogP contribution in [-0.2, 0) is 19.1 Å². The summed E-state index contributed by atoms with van der Waals surface area (Å²) in [6.07, 6.45) is 4.26. The summed E-state index contributed by atoms with van der Waals surface area (Å²) in [6, 6.07) is 6.65. The molecule has 0 radical (unpaired) electrons. The second kappa shape index (κ2) is 7.60. The number of nitrogens with zero attached hydrogens (tertiary/aromatic N) is 2. The van der Waals surface area contributed by atoms with Crippen molar-refractivity contribution < 1.29 is 19.1 Å². The molecule has 29 heavy (non-hydrogen) atoms. The summed E-state index contributed by atoms with van der Waals surface area (Å²) in [4.78, 5) is 38.7. The molecule has 0 spiro atoms. The predicted molar refractivity (Wildman–Crippen MR) is 104 cm³/mol. The standard InChI is InChI=1S/C20H19ClN4O4/c1-2-29-19(28)20(10-22)14-8-7-11(17(23)26)9-25(14)16(18(24)27)15(20)12-5-3-4-6-13(12)21/h3-9,14-16H,2H2,1H3,(H2,23,26)(H2,24,27)/t14-,15+,16-,20-/m0/s1. The van der Waals surface area contributed by atoms with Crippen molar-refractivity contribution in [2.24, 2.45) is 16.9 Å². The van der Waals surface area contributed by atoms with Crippen LogP contribution in [0.15, 0.2) is 48.2 Å². The number of hydrogen-bond acceptors (Lipinski definition) is 6. The molecule has 0 aromatic heterocycles. The van der Waals surface area contributed by atoms with Crippen LogP contribution in [0.2, 0.25) is 5.02 Å². The van der Waals surface area contributed by atoms with E-state index < -0.39 is 41.2 Å². The van der Waals surface area contributed by atoms with Gasteiger partial charge in [0.05, 0.1) is 24.3 Å². The molecule has 0 saturated carbocycles. The Hall–Kier alpha value is -3.31. The number of amides is 2. The highest BCUT2D eigenvalue weighted by atomic mass is 35.5. The molecule has 0 unspecified atom stereocenters. The van der Waals surface area contributed by atoms with Crippen molar-refractivity contribution in [2.45, 2.75) is 24.9 Å². The molecular weight excluding hydrogens is 396 g/mol. The molecule has 2 aliphatic rings. The van der Waals surface area contributed by atoms with Gasteiger partial charge in [0.2, 0.25) is 11.8 Å². The Morgan fingerprint density at radius 2 is 2.00 bits per heavy atom. The molecule has 2 heterocycles. The molecule has 4 atom stereocenters. The first-order chi connectivity index (χ1) is 13.8. The normalized spacial score (nSPS) is 27.6. The maximum Gasteiger partial charge on any atom is 0.329 e. The fourth-order valence-electron chi connectivity index (χ4n) is 4.10. The average molecular weight is 415 g/mol. The second-order valence-electron chi connectivity index (χ2n) is 6.75. The lowest BCUT2D eigenvalue weighted by molar-refractivity contribution is -0.153. The zero-order valence-electron chi connectivity index (χ0n) is 15.5. The average Bonchev–Trinajstić information content (AvgIpc) is 2.99. The van der Waals surface area contributed by atoms with Gasteiger partial charge in [0, 0.05) is 17.1 Å². The third kappa shape index (κ3) is 3.04. The molecular formula is C20H19ClN4O4. The van der Waals surface area contributed by atoms with Gasteiger partial charge in [-0.15, -0.1) is 0 Å². The van der Waals surface area contributed by atoms with Crippen molar-refractivity contribution in [2.75, 3.05) is 6.61 Å². The number of benzene rings is 1. The van der Waals surface area contributed by atoms with Gasteiger partial charge in [-0.1, -0.05) is 35.9 Å². The Labute approximate surface area is 172 Å². The quantitative estimate of drug-likeness (QED) is 0.688. The number of hydrogen-bond donors (Lipinski definition) is 2. The molecule has 8 nitrogen and oxygen atoms in total. The molecule has 2 amide bonds. The highest BCUT2D eigenvalue weighted by Gasteiger charge is 2.66. The summed E-state index contributed by atoms with van der Waals surface area (Å²) in [6.45, 7) is 1.66. The van der Waals surface area contributed by atoms with Crippen LogP contribution in [0.5, 0.6) is 0 Å². The summed E-state index contributed by atoms with van der Waals surface area (Å²) < 4.78 is 5.23. The first-order valence-electron chi connectivity index (χ1n) is 8.89. The van der Waals surface area contributed by atoms with E-state index in [9.17, 15) is 19.6 Å². The molecule has 1 aromatic rings. The topological polar surface area (TPSA) is 140 Å². The molecule has 3 rings (SSSR count). The number of carbonyl (C=O) groups excluding carboxylic acids is 3. The number of ether oxygens (including phenoxy) is 1. The van der Waals surface area contributed by atoms with E-state index in [2.05, 4.69) is 6.07 Å². The van der Waals surface area contributed by atoms with Crippen LogP contribution < -0.4 is 11.5 Å². The first-order valence-corrected chi connectivity index (χ1v) is 9.26. The number of carbonyl (C=O) groups is 3. The van der Waals surface area contributed by atoms with E-state index >= 15 is 0 Å². The van der Waals surface area contributed by atoms with Crippen molar-refractivity contribution >= 4 is 29.4 Å². The third-order valence-electron chi connectivity index (χ3n) is 5.28. The number of primary amides is 2. The molecule has 9 heteroatoms. The van der Waals surface area contributed by atoms with Gasteiger partial charge in [-0.2, -0.15) is 5.26 Å². The van der Waals surface area contributed by atoms with Crippen LogP contribution >= 0.6 is 11.6 Å². The van der Waals surface area contributed by atoms with Crippen LogP contribution in [0.3, 0.4) is 0 Å². The van der Waals surface area contributed by atoms with Gasteiger partial charge in [-0.05, 0) is 24.6 Å². The van der Waals surface area contributed by atoms with Gasteiger partial charge < -0.3 is 21.1 Å². The van der Waals surface area contributed by atoms with Gasteiger partial charge in [0.1, 0.15) is 6.04 Å². The van der Waals surface area contributed by atoms with Gasteiger partial charge in [0.25, 0.3) is 0 Å². The number of esters is 1. The minimum atomic E-state index is -1.82. The zero-order chi connectivity index (χ0) is 21.3. The smallest absolute Gasteiger partial charge is 0.329 e. The lowest BCUT2D eigenvalue weighted by Crippen LogP contribution is -2.45. The Kier molecular flexibility index (Phi) is 5.36. The molecule has 0 aliphatic carbocycles. The monoisotopic (exact) mass is 414 g/mol. The SMILES string of the molecule is CCOC(=O)[C@]1(C#N)[C@H](c2ccccc2Cl)[C@@H](C(N)=O)N2C=C(C(N)=O)C=C[C@H]21. The van der Waals surface area contributed by atoms with Gasteiger partial charge in [-0.25, -0.2) is 0 Å². The summed E-state index contributed by atoms with van der Waals surface area (Å²) >= 11 is 6.38. The minimum absolute atomic E-state index is 0.0392. The molecule has 150 valence electrons. The van der Waals surface area contributed by atoms with Crippen LogP contribution in [-0.4, -0.2) is 41.4 Å². The van der Waals surface area contributed by atoms with Crippen molar-refractivity contribution in [1.82, 2.24) is 4.90 Å². The number of nitriles is 1. The van der Waals surface area contributed by atoms with Crippen molar-refractivity contribution in [3.63, 3.8) is 0 Å². The van der Waals surface area contributed by atoms with Gasteiger partial charge in [-0.3, -0.25) is 14.4 Å². The van der Waals surface area contributed by atoms with Gasteiger partial charge in [0.15, 0.2) is 5.41 Å².